The number of hydrogen-bond acceptors (Lipinski definition) is 9. The molecule has 40 heavy (non-hydrogen) atoms. The highest BCUT2D eigenvalue weighted by Gasteiger charge is 2.64. The smallest absolute Gasteiger partial charge is 0.255 e. The number of nitrogens with one attached hydrogen (secondary N) is 1. The van der Waals surface area contributed by atoms with Crippen molar-refractivity contribution < 1.29 is 34.8 Å². The molecule has 3 aliphatic rings. The summed E-state index contributed by atoms with van der Waals surface area (Å²) in [7, 11) is 3.71. The molecule has 0 saturated heterocycles. The summed E-state index contributed by atoms with van der Waals surface area (Å²) in [4.78, 5) is 41.4. The number of aliphatic hydroxyl groups is 3. The van der Waals surface area contributed by atoms with Gasteiger partial charge in [0.1, 0.15) is 22.8 Å². The summed E-state index contributed by atoms with van der Waals surface area (Å²) >= 11 is 0. The van der Waals surface area contributed by atoms with Crippen molar-refractivity contribution >= 4 is 28.9 Å². The first-order valence-corrected chi connectivity index (χ1v) is 13.9. The van der Waals surface area contributed by atoms with Gasteiger partial charge in [-0.3, -0.25) is 14.4 Å². The van der Waals surface area contributed by atoms with Crippen molar-refractivity contribution in [1.82, 2.24) is 5.32 Å². The summed E-state index contributed by atoms with van der Waals surface area (Å²) < 4.78 is 0. The van der Waals surface area contributed by atoms with E-state index in [1.165, 1.54) is 0 Å². The van der Waals surface area contributed by atoms with Gasteiger partial charge in [-0.1, -0.05) is 34.1 Å². The predicted molar refractivity (Wildman–Crippen MR) is 151 cm³/mol. The third-order valence-corrected chi connectivity index (χ3v) is 9.01. The van der Waals surface area contributed by atoms with Gasteiger partial charge in [0.2, 0.25) is 5.78 Å². The highest BCUT2D eigenvalue weighted by atomic mass is 16.3. The molecule has 0 heterocycles. The highest BCUT2D eigenvalue weighted by molar-refractivity contribution is 6.23. The number of ketones is 2. The second-order valence-corrected chi connectivity index (χ2v) is 12.1. The molecule has 0 aromatic heterocycles. The number of nitrogens with zero attached hydrogens (tertiary/aromatic N) is 1. The number of fused-ring (bicyclic) bond motifs is 3. The molecule has 218 valence electrons. The Morgan fingerprint density at radius 1 is 1.20 bits per heavy atom. The van der Waals surface area contributed by atoms with Crippen LogP contribution in [-0.2, 0) is 27.3 Å². The van der Waals surface area contributed by atoms with Gasteiger partial charge in [0, 0.05) is 49.3 Å². The maximum atomic E-state index is 14.1. The van der Waals surface area contributed by atoms with Crippen LogP contribution < -0.4 is 16.0 Å². The number of benzene rings is 1. The zero-order chi connectivity index (χ0) is 29.8. The van der Waals surface area contributed by atoms with Crippen LogP contribution in [0.15, 0.2) is 23.0 Å². The van der Waals surface area contributed by atoms with Crippen molar-refractivity contribution in [3.8, 4) is 5.75 Å². The zero-order valence-corrected chi connectivity index (χ0v) is 24.0. The highest BCUT2D eigenvalue weighted by Crippen LogP contribution is 2.55. The molecule has 10 nitrogen and oxygen atoms in total. The summed E-state index contributed by atoms with van der Waals surface area (Å²) in [5.41, 5.74) is 3.94. The Hall–Kier alpha value is -3.37. The van der Waals surface area contributed by atoms with Gasteiger partial charge >= 0.3 is 0 Å². The number of aliphatic hydroxyl groups excluding tert-OH is 2. The first-order chi connectivity index (χ1) is 18.7. The zero-order valence-electron chi connectivity index (χ0n) is 24.0. The third kappa shape index (κ3) is 4.37. The Morgan fingerprint density at radius 3 is 2.40 bits per heavy atom. The van der Waals surface area contributed by atoms with Crippen LogP contribution >= 0.6 is 0 Å². The van der Waals surface area contributed by atoms with Gasteiger partial charge in [0.15, 0.2) is 11.4 Å². The van der Waals surface area contributed by atoms with Gasteiger partial charge in [0.25, 0.3) is 5.91 Å². The molecule has 1 fully saturated rings. The number of phenols is 1. The van der Waals surface area contributed by atoms with Crippen molar-refractivity contribution in [3.63, 3.8) is 0 Å². The molecule has 5 atom stereocenters. The van der Waals surface area contributed by atoms with Crippen LogP contribution in [0.3, 0.4) is 0 Å². The molecule has 7 N–H and O–H groups in total. The van der Waals surface area contributed by atoms with E-state index < -0.39 is 57.9 Å². The Labute approximate surface area is 234 Å². The molecule has 0 spiro atoms. The number of rotatable bonds is 8. The minimum absolute atomic E-state index is 0.0948. The molecular weight excluding hydrogens is 514 g/mol. The number of phenolic OH excluding ortho intramolecular Hbond substituents is 1. The Bertz CT molecular complexity index is 1330. The van der Waals surface area contributed by atoms with Crippen LogP contribution in [-0.4, -0.2) is 64.1 Å². The van der Waals surface area contributed by atoms with Crippen molar-refractivity contribution in [1.29, 1.82) is 0 Å². The van der Waals surface area contributed by atoms with E-state index in [0.29, 0.717) is 23.6 Å². The van der Waals surface area contributed by atoms with E-state index in [0.717, 1.165) is 18.7 Å². The molecule has 1 saturated carbocycles. The quantitative estimate of drug-likeness (QED) is 0.263. The van der Waals surface area contributed by atoms with E-state index in [1.807, 2.05) is 25.1 Å². The molecule has 1 aromatic rings. The van der Waals surface area contributed by atoms with Crippen LogP contribution in [0.5, 0.6) is 5.75 Å². The molecule has 1 amide bonds. The lowest BCUT2D eigenvalue weighted by Crippen LogP contribution is -2.62. The average Bonchev–Trinajstić information content (AvgIpc) is 2.86. The van der Waals surface area contributed by atoms with Crippen LogP contribution in [0, 0.1) is 29.6 Å². The summed E-state index contributed by atoms with van der Waals surface area (Å²) in [6, 6.07) is 1.87. The SMILES string of the molecule is CCC(C)CNCc1cc(N(C)C)c2c(c1O)C(O)=C1C(=O)[C@]3(O)C(O)=C(C(N)=O)C(=O)[C@@H](C(C)C)[C@@H]3C[C@@H]1C2. The molecule has 1 unspecified atom stereocenters. The average molecular weight is 556 g/mol. The fraction of sp³-hybridized carbons (Fsp3) is 0.567. The van der Waals surface area contributed by atoms with E-state index in [9.17, 15) is 34.8 Å². The lowest BCUT2D eigenvalue weighted by atomic mass is 9.54. The monoisotopic (exact) mass is 555 g/mol. The van der Waals surface area contributed by atoms with Crippen LogP contribution in [0.1, 0.15) is 57.2 Å². The summed E-state index contributed by atoms with van der Waals surface area (Å²) in [5, 5.41) is 49.0. The van der Waals surface area contributed by atoms with E-state index in [-0.39, 0.29) is 35.6 Å². The molecule has 0 aliphatic heterocycles. The molecular formula is C30H41N3O7. The number of carbonyl (C=O) groups is 3. The topological polar surface area (TPSA) is 173 Å². The number of nitrogens with two attached hydrogens (primary N) is 1. The number of carbonyl (C=O) groups excluding carboxylic acids is 3. The number of hydrogen-bond donors (Lipinski definition) is 6. The van der Waals surface area contributed by atoms with Gasteiger partial charge in [-0.15, -0.1) is 0 Å². The number of anilines is 1. The molecule has 10 heteroatoms. The van der Waals surface area contributed by atoms with Gasteiger partial charge in [-0.05, 0) is 48.8 Å². The summed E-state index contributed by atoms with van der Waals surface area (Å²) in [6.45, 7) is 8.76. The van der Waals surface area contributed by atoms with Crippen molar-refractivity contribution in [2.45, 2.75) is 59.1 Å². The van der Waals surface area contributed by atoms with Crippen molar-refractivity contribution in [3.05, 3.63) is 39.7 Å². The Balaban J connectivity index is 1.90. The normalized spacial score (nSPS) is 26.9. The molecule has 3 aliphatic carbocycles. The first-order valence-electron chi connectivity index (χ1n) is 13.9. The molecule has 4 rings (SSSR count). The summed E-state index contributed by atoms with van der Waals surface area (Å²) in [6.07, 6.45) is 1.35. The van der Waals surface area contributed by atoms with E-state index >= 15 is 0 Å². The van der Waals surface area contributed by atoms with Gasteiger partial charge < -0.3 is 36.4 Å². The fourth-order valence-corrected chi connectivity index (χ4v) is 6.72. The second-order valence-electron chi connectivity index (χ2n) is 12.1. The first kappa shape index (κ1) is 29.6. The van der Waals surface area contributed by atoms with Crippen LogP contribution in [0.2, 0.25) is 0 Å². The number of primary amides is 1. The Kier molecular flexibility index (Phi) is 7.81. The predicted octanol–water partition coefficient (Wildman–Crippen LogP) is 2.51. The molecule has 0 radical (unpaired) electrons. The van der Waals surface area contributed by atoms with Crippen LogP contribution in [0.4, 0.5) is 5.69 Å². The largest absolute Gasteiger partial charge is 0.508 e. The number of Topliss-reactive ketones (excluding diaryl/α,β-unsaturated/α-hetero) is 2. The maximum Gasteiger partial charge on any atom is 0.255 e. The summed E-state index contributed by atoms with van der Waals surface area (Å²) in [5.74, 6) is -7.13. The van der Waals surface area contributed by atoms with Gasteiger partial charge in [0.05, 0.1) is 5.56 Å². The maximum absolute atomic E-state index is 14.1. The van der Waals surface area contributed by atoms with Gasteiger partial charge in [-0.2, -0.15) is 0 Å². The molecule has 1 aromatic carbocycles. The van der Waals surface area contributed by atoms with E-state index in [1.54, 1.807) is 13.8 Å². The van der Waals surface area contributed by atoms with Crippen molar-refractivity contribution in [2.24, 2.45) is 35.3 Å². The van der Waals surface area contributed by atoms with Crippen LogP contribution in [0.25, 0.3) is 5.76 Å². The lowest BCUT2D eigenvalue weighted by Gasteiger charge is -2.50. The minimum Gasteiger partial charge on any atom is -0.508 e. The van der Waals surface area contributed by atoms with Gasteiger partial charge in [-0.25, -0.2) is 0 Å². The number of aromatic hydroxyl groups is 1. The Morgan fingerprint density at radius 2 is 1.85 bits per heavy atom. The minimum atomic E-state index is -2.61. The van der Waals surface area contributed by atoms with E-state index in [2.05, 4.69) is 19.2 Å². The van der Waals surface area contributed by atoms with E-state index in [4.69, 9.17) is 5.73 Å². The third-order valence-electron chi connectivity index (χ3n) is 9.01. The van der Waals surface area contributed by atoms with Crippen molar-refractivity contribution in [2.75, 3.05) is 25.5 Å². The lowest BCUT2D eigenvalue weighted by molar-refractivity contribution is -0.155. The standard InChI is InChI=1S/C30H41N3O7/c1-7-14(4)11-32-12-16-10-19(33(5)6)17-8-15-9-18-20(13(2)3)25(35)23(29(31)39)28(38)30(18,40)27(37)21(15)26(36)22(17)24(16)34/h10,13-15,18,20,32,34,36,38,40H,7-9,11-12H2,1-6H3,(H2,31,39)/t14?,15-,18-,20-,30-/m0/s1. The molecule has 0 bridgehead atoms. The number of amides is 1. The fourth-order valence-electron chi connectivity index (χ4n) is 6.72. The second kappa shape index (κ2) is 10.6.